The van der Waals surface area contributed by atoms with Crippen molar-refractivity contribution in [2.45, 2.75) is 32.9 Å². The molecule has 1 aromatic rings. The van der Waals surface area contributed by atoms with Gasteiger partial charge in [0.05, 0.1) is 6.10 Å². The number of anilines is 2. The Balaban J connectivity index is 2.25. The largest absolute Gasteiger partial charge is 0.461 e. The summed E-state index contributed by atoms with van der Waals surface area (Å²) in [5.41, 5.74) is 0. The van der Waals surface area contributed by atoms with Crippen molar-refractivity contribution in [1.82, 2.24) is 19.9 Å². The zero-order chi connectivity index (χ0) is 14.7. The van der Waals surface area contributed by atoms with Crippen LogP contribution in [0.3, 0.4) is 0 Å². The Morgan fingerprint density at radius 1 is 1.25 bits per heavy atom. The summed E-state index contributed by atoms with van der Waals surface area (Å²) < 4.78 is 5.61. The van der Waals surface area contributed by atoms with Crippen LogP contribution in [-0.4, -0.2) is 65.7 Å². The molecule has 0 bridgehead atoms. The van der Waals surface area contributed by atoms with Crippen LogP contribution < -0.4 is 15.0 Å². The highest BCUT2D eigenvalue weighted by molar-refractivity contribution is 5.39. The molecule has 0 amide bonds. The molecule has 1 aliphatic rings. The molecule has 1 aromatic heterocycles. The molecule has 7 nitrogen and oxygen atoms in total. The first kappa shape index (κ1) is 14.8. The Bertz CT molecular complexity index is 452. The van der Waals surface area contributed by atoms with Crippen molar-refractivity contribution in [2.24, 2.45) is 0 Å². The highest BCUT2D eigenvalue weighted by Gasteiger charge is 2.25. The third kappa shape index (κ3) is 3.47. The van der Waals surface area contributed by atoms with Gasteiger partial charge < -0.3 is 19.9 Å². The summed E-state index contributed by atoms with van der Waals surface area (Å²) in [5.74, 6) is 1.22. The number of piperazine rings is 1. The van der Waals surface area contributed by atoms with Gasteiger partial charge in [-0.25, -0.2) is 0 Å². The predicted octanol–water partition coefficient (Wildman–Crippen LogP) is 0.841. The van der Waals surface area contributed by atoms with Crippen molar-refractivity contribution in [3.63, 3.8) is 0 Å². The minimum atomic E-state index is 0.0415. The molecule has 20 heavy (non-hydrogen) atoms. The van der Waals surface area contributed by atoms with Crippen LogP contribution in [0.15, 0.2) is 0 Å². The first-order valence-electron chi connectivity index (χ1n) is 7.05. The fourth-order valence-electron chi connectivity index (χ4n) is 2.29. The lowest BCUT2D eigenvalue weighted by molar-refractivity contribution is 0.221. The zero-order valence-corrected chi connectivity index (χ0v) is 12.9. The van der Waals surface area contributed by atoms with Crippen LogP contribution in [0.4, 0.5) is 11.9 Å². The van der Waals surface area contributed by atoms with Gasteiger partial charge in [0.25, 0.3) is 0 Å². The molecule has 0 aliphatic carbocycles. The number of aromatic nitrogens is 3. The van der Waals surface area contributed by atoms with Crippen molar-refractivity contribution in [3.8, 4) is 6.01 Å². The van der Waals surface area contributed by atoms with E-state index >= 15 is 0 Å². The maximum Gasteiger partial charge on any atom is 0.323 e. The number of likely N-dealkylation sites (N-methyl/N-ethyl adjacent to an activating group) is 1. The molecule has 0 saturated carbocycles. The molecule has 1 atom stereocenters. The van der Waals surface area contributed by atoms with E-state index < -0.39 is 0 Å². The molecule has 0 aromatic carbocycles. The third-order valence-corrected chi connectivity index (χ3v) is 3.26. The van der Waals surface area contributed by atoms with Gasteiger partial charge >= 0.3 is 6.01 Å². The quantitative estimate of drug-likeness (QED) is 0.876. The number of nitrogens with zero attached hydrogens (tertiary/aromatic N) is 5. The lowest BCUT2D eigenvalue weighted by atomic mass is 10.2. The third-order valence-electron chi connectivity index (χ3n) is 3.26. The van der Waals surface area contributed by atoms with Gasteiger partial charge in [0.2, 0.25) is 11.9 Å². The fourth-order valence-corrected chi connectivity index (χ4v) is 2.29. The van der Waals surface area contributed by atoms with Crippen LogP contribution >= 0.6 is 0 Å². The van der Waals surface area contributed by atoms with Crippen LogP contribution in [0.5, 0.6) is 6.01 Å². The van der Waals surface area contributed by atoms with Gasteiger partial charge in [0.1, 0.15) is 0 Å². The number of ether oxygens (including phenoxy) is 1. The zero-order valence-electron chi connectivity index (χ0n) is 12.9. The Morgan fingerprint density at radius 2 is 2.00 bits per heavy atom. The summed E-state index contributed by atoms with van der Waals surface area (Å²) in [7, 11) is 3.93. The van der Waals surface area contributed by atoms with Crippen LogP contribution in [0.25, 0.3) is 0 Å². The summed E-state index contributed by atoms with van der Waals surface area (Å²) >= 11 is 0. The molecule has 1 saturated heterocycles. The summed E-state index contributed by atoms with van der Waals surface area (Å²) in [6.45, 7) is 9.02. The summed E-state index contributed by atoms with van der Waals surface area (Å²) in [4.78, 5) is 17.6. The molecule has 1 N–H and O–H groups in total. The molecule has 1 fully saturated rings. The van der Waals surface area contributed by atoms with Crippen LogP contribution in [0, 0.1) is 0 Å². The maximum atomic E-state index is 5.61. The summed E-state index contributed by atoms with van der Waals surface area (Å²) in [6, 6.07) is 0.744. The van der Waals surface area contributed by atoms with E-state index in [0.717, 1.165) is 19.6 Å². The average Bonchev–Trinajstić information content (AvgIpc) is 2.37. The SMILES string of the molecule is CNc1nc(OC(C)C)nc(N2CCN(C)CC2C)n1. The topological polar surface area (TPSA) is 66.4 Å². The van der Waals surface area contributed by atoms with E-state index in [1.807, 2.05) is 13.8 Å². The maximum absolute atomic E-state index is 5.61. The molecule has 2 rings (SSSR count). The normalized spacial score (nSPS) is 20.3. The first-order valence-corrected chi connectivity index (χ1v) is 7.05. The average molecular weight is 280 g/mol. The second kappa shape index (κ2) is 6.21. The van der Waals surface area contributed by atoms with E-state index in [-0.39, 0.29) is 6.10 Å². The summed E-state index contributed by atoms with van der Waals surface area (Å²) in [6.07, 6.45) is 0.0415. The van der Waals surface area contributed by atoms with E-state index in [4.69, 9.17) is 4.74 Å². The van der Waals surface area contributed by atoms with E-state index in [2.05, 4.69) is 44.0 Å². The highest BCUT2D eigenvalue weighted by atomic mass is 16.5. The van der Waals surface area contributed by atoms with Crippen LogP contribution in [0.2, 0.25) is 0 Å². The minimum absolute atomic E-state index is 0.0415. The molecular formula is C13H24N6O. The van der Waals surface area contributed by atoms with Crippen molar-refractivity contribution < 1.29 is 4.74 Å². The predicted molar refractivity (Wildman–Crippen MR) is 79.4 cm³/mol. The Labute approximate surface area is 120 Å². The van der Waals surface area contributed by atoms with Gasteiger partial charge in [-0.3, -0.25) is 0 Å². The van der Waals surface area contributed by atoms with Crippen molar-refractivity contribution >= 4 is 11.9 Å². The summed E-state index contributed by atoms with van der Waals surface area (Å²) in [5, 5.41) is 2.96. The van der Waals surface area contributed by atoms with Crippen molar-refractivity contribution in [2.75, 3.05) is 43.9 Å². The fraction of sp³-hybridized carbons (Fsp3) is 0.769. The molecule has 2 heterocycles. The molecular weight excluding hydrogens is 256 g/mol. The molecule has 0 spiro atoms. The molecule has 1 aliphatic heterocycles. The van der Waals surface area contributed by atoms with E-state index in [9.17, 15) is 0 Å². The Morgan fingerprint density at radius 3 is 2.60 bits per heavy atom. The lowest BCUT2D eigenvalue weighted by Gasteiger charge is -2.38. The van der Waals surface area contributed by atoms with Gasteiger partial charge in [-0.2, -0.15) is 15.0 Å². The van der Waals surface area contributed by atoms with E-state index in [1.165, 1.54) is 0 Å². The second-order valence-electron chi connectivity index (χ2n) is 5.46. The monoisotopic (exact) mass is 280 g/mol. The van der Waals surface area contributed by atoms with Crippen molar-refractivity contribution in [3.05, 3.63) is 0 Å². The number of hydrogen-bond acceptors (Lipinski definition) is 7. The smallest absolute Gasteiger partial charge is 0.323 e. The Kier molecular flexibility index (Phi) is 4.59. The standard InChI is InChI=1S/C13H24N6O/c1-9(2)20-13-16-11(14-4)15-12(17-13)19-7-6-18(5)8-10(19)3/h9-10H,6-8H2,1-5H3,(H,14,15,16,17). The lowest BCUT2D eigenvalue weighted by Crippen LogP contribution is -2.51. The van der Waals surface area contributed by atoms with Gasteiger partial charge in [0, 0.05) is 32.7 Å². The molecule has 0 radical (unpaired) electrons. The molecule has 112 valence electrons. The second-order valence-corrected chi connectivity index (χ2v) is 5.46. The van der Waals surface area contributed by atoms with Gasteiger partial charge in [-0.05, 0) is 27.8 Å². The van der Waals surface area contributed by atoms with Gasteiger partial charge in [-0.1, -0.05) is 0 Å². The Hall–Kier alpha value is -1.63. The van der Waals surface area contributed by atoms with Crippen molar-refractivity contribution in [1.29, 1.82) is 0 Å². The molecule has 1 unspecified atom stereocenters. The highest BCUT2D eigenvalue weighted by Crippen LogP contribution is 2.20. The number of hydrogen-bond donors (Lipinski definition) is 1. The van der Waals surface area contributed by atoms with Crippen LogP contribution in [0.1, 0.15) is 20.8 Å². The van der Waals surface area contributed by atoms with E-state index in [1.54, 1.807) is 7.05 Å². The van der Waals surface area contributed by atoms with Gasteiger partial charge in [-0.15, -0.1) is 0 Å². The first-order chi connectivity index (χ1) is 9.49. The van der Waals surface area contributed by atoms with E-state index in [0.29, 0.717) is 23.9 Å². The molecule has 7 heteroatoms. The number of nitrogens with one attached hydrogen (secondary N) is 1. The minimum Gasteiger partial charge on any atom is -0.461 e. The van der Waals surface area contributed by atoms with Crippen LogP contribution in [-0.2, 0) is 0 Å². The van der Waals surface area contributed by atoms with Gasteiger partial charge in [0.15, 0.2) is 0 Å². The number of rotatable bonds is 4.